The fourth-order valence-electron chi connectivity index (χ4n) is 3.09. The van der Waals surface area contributed by atoms with Crippen LogP contribution in [0.2, 0.25) is 0 Å². The van der Waals surface area contributed by atoms with Crippen molar-refractivity contribution in [3.8, 4) is 0 Å². The Bertz CT molecular complexity index is 722. The lowest BCUT2D eigenvalue weighted by atomic mass is 9.89. The molecule has 1 aromatic heterocycles. The van der Waals surface area contributed by atoms with Crippen molar-refractivity contribution in [1.29, 1.82) is 0 Å². The quantitative estimate of drug-likeness (QED) is 0.842. The summed E-state index contributed by atoms with van der Waals surface area (Å²) in [5.74, 6) is 1.34. The minimum atomic E-state index is -0.194. The van der Waals surface area contributed by atoms with Gasteiger partial charge in [-0.25, -0.2) is 4.39 Å². The maximum atomic E-state index is 13.5. The monoisotopic (exact) mass is 330 g/mol. The average Bonchev–Trinajstić information content (AvgIpc) is 3.30. The predicted molar refractivity (Wildman–Crippen MR) is 89.2 cm³/mol. The van der Waals surface area contributed by atoms with Gasteiger partial charge in [0.05, 0.1) is 5.69 Å². The van der Waals surface area contributed by atoms with E-state index in [2.05, 4.69) is 10.5 Å². The number of nitrogens with one attached hydrogen (secondary N) is 1. The third kappa shape index (κ3) is 4.22. The van der Waals surface area contributed by atoms with E-state index in [1.54, 1.807) is 6.92 Å². The zero-order valence-corrected chi connectivity index (χ0v) is 14.1. The Kier molecular flexibility index (Phi) is 4.97. The van der Waals surface area contributed by atoms with Crippen molar-refractivity contribution in [3.63, 3.8) is 0 Å². The molecule has 1 fully saturated rings. The Morgan fingerprint density at radius 3 is 2.79 bits per heavy atom. The third-order valence-electron chi connectivity index (χ3n) is 4.59. The zero-order chi connectivity index (χ0) is 17.1. The second kappa shape index (κ2) is 7.16. The summed E-state index contributed by atoms with van der Waals surface area (Å²) in [4.78, 5) is 12.3. The fraction of sp³-hybridized carbons (Fsp3) is 0.474. The van der Waals surface area contributed by atoms with Crippen molar-refractivity contribution >= 4 is 5.91 Å². The second-order valence-electron chi connectivity index (χ2n) is 6.69. The lowest BCUT2D eigenvalue weighted by Crippen LogP contribution is -2.27. The Labute approximate surface area is 141 Å². The molecule has 0 aliphatic heterocycles. The van der Waals surface area contributed by atoms with Crippen LogP contribution in [0.25, 0.3) is 0 Å². The first-order chi connectivity index (χ1) is 11.5. The highest BCUT2D eigenvalue weighted by atomic mass is 19.1. The van der Waals surface area contributed by atoms with E-state index in [0.717, 1.165) is 29.9 Å². The van der Waals surface area contributed by atoms with E-state index in [9.17, 15) is 9.18 Å². The van der Waals surface area contributed by atoms with Gasteiger partial charge in [-0.2, -0.15) is 0 Å². The maximum absolute atomic E-state index is 13.5. The Balaban J connectivity index is 1.55. The van der Waals surface area contributed by atoms with E-state index >= 15 is 0 Å². The van der Waals surface area contributed by atoms with Gasteiger partial charge in [0.15, 0.2) is 0 Å². The van der Waals surface area contributed by atoms with E-state index in [1.807, 2.05) is 25.1 Å². The van der Waals surface area contributed by atoms with E-state index < -0.39 is 0 Å². The lowest BCUT2D eigenvalue weighted by Gasteiger charge is -2.17. The van der Waals surface area contributed by atoms with E-state index in [0.29, 0.717) is 30.9 Å². The molecule has 1 heterocycles. The third-order valence-corrected chi connectivity index (χ3v) is 4.59. The van der Waals surface area contributed by atoms with Gasteiger partial charge in [-0.05, 0) is 55.7 Å². The number of carbonyl (C=O) groups is 1. The molecule has 4 nitrogen and oxygen atoms in total. The van der Waals surface area contributed by atoms with Gasteiger partial charge in [-0.1, -0.05) is 17.3 Å². The molecule has 0 radical (unpaired) electrons. The molecule has 1 unspecified atom stereocenters. The van der Waals surface area contributed by atoms with Crippen LogP contribution in [0, 0.1) is 25.6 Å². The molecule has 3 rings (SSSR count). The largest absolute Gasteiger partial charge is 0.361 e. The van der Waals surface area contributed by atoms with Crippen molar-refractivity contribution in [2.75, 3.05) is 6.54 Å². The van der Waals surface area contributed by atoms with Crippen molar-refractivity contribution in [3.05, 3.63) is 52.7 Å². The van der Waals surface area contributed by atoms with Crippen LogP contribution in [0.1, 0.15) is 47.8 Å². The smallest absolute Gasteiger partial charge is 0.220 e. The summed E-state index contributed by atoms with van der Waals surface area (Å²) in [5.41, 5.74) is 2.55. The van der Waals surface area contributed by atoms with Gasteiger partial charge in [0.1, 0.15) is 11.6 Å². The first-order valence-corrected chi connectivity index (χ1v) is 8.48. The highest BCUT2D eigenvalue weighted by Crippen LogP contribution is 2.44. The fourth-order valence-corrected chi connectivity index (χ4v) is 3.09. The molecule has 0 spiro atoms. The minimum absolute atomic E-state index is 0.0362. The maximum Gasteiger partial charge on any atom is 0.220 e. The number of aryl methyl sites for hydroxylation is 2. The van der Waals surface area contributed by atoms with Crippen LogP contribution < -0.4 is 5.32 Å². The van der Waals surface area contributed by atoms with E-state index in [-0.39, 0.29) is 17.6 Å². The molecular formula is C19H23FN2O2. The van der Waals surface area contributed by atoms with Crippen LogP contribution in [0.4, 0.5) is 4.39 Å². The summed E-state index contributed by atoms with van der Waals surface area (Å²) in [6.07, 6.45) is 3.40. The van der Waals surface area contributed by atoms with Crippen LogP contribution in [0.15, 0.2) is 28.8 Å². The van der Waals surface area contributed by atoms with Gasteiger partial charge in [0, 0.05) is 25.5 Å². The van der Waals surface area contributed by atoms with Crippen LogP contribution in [-0.4, -0.2) is 17.6 Å². The molecule has 1 aromatic carbocycles. The molecule has 0 saturated heterocycles. The number of carbonyl (C=O) groups excluding carboxylic acids is 1. The molecule has 1 aliphatic rings. The average molecular weight is 330 g/mol. The molecular weight excluding hydrogens is 307 g/mol. The lowest BCUT2D eigenvalue weighted by molar-refractivity contribution is -0.121. The van der Waals surface area contributed by atoms with Crippen molar-refractivity contribution < 1.29 is 13.7 Å². The molecule has 24 heavy (non-hydrogen) atoms. The molecule has 5 heteroatoms. The van der Waals surface area contributed by atoms with E-state index in [1.165, 1.54) is 6.07 Å². The number of halogens is 1. The predicted octanol–water partition coefficient (Wildman–Crippen LogP) is 3.67. The molecule has 1 atom stereocenters. The standard InChI is InChI=1S/C19H23FN2O2/c1-12-9-15(5-6-18(12)20)17(14-3-4-14)11-19(23)21-8-7-16-10-13(2)24-22-16/h5-6,9-10,14,17H,3-4,7-8,11H2,1-2H3,(H,21,23). The minimum Gasteiger partial charge on any atom is -0.361 e. The van der Waals surface area contributed by atoms with Gasteiger partial charge in [0.25, 0.3) is 0 Å². The van der Waals surface area contributed by atoms with Crippen molar-refractivity contribution in [1.82, 2.24) is 10.5 Å². The molecule has 2 aromatic rings. The van der Waals surface area contributed by atoms with Gasteiger partial charge in [0.2, 0.25) is 5.91 Å². The highest BCUT2D eigenvalue weighted by Gasteiger charge is 2.33. The van der Waals surface area contributed by atoms with Crippen LogP contribution >= 0.6 is 0 Å². The summed E-state index contributed by atoms with van der Waals surface area (Å²) >= 11 is 0. The Hall–Kier alpha value is -2.17. The number of nitrogens with zero attached hydrogens (tertiary/aromatic N) is 1. The number of hydrogen-bond donors (Lipinski definition) is 1. The number of aromatic nitrogens is 1. The Morgan fingerprint density at radius 1 is 1.38 bits per heavy atom. The first-order valence-electron chi connectivity index (χ1n) is 8.48. The molecule has 1 amide bonds. The van der Waals surface area contributed by atoms with E-state index in [4.69, 9.17) is 4.52 Å². The molecule has 1 aliphatic carbocycles. The summed E-state index contributed by atoms with van der Waals surface area (Å²) < 4.78 is 18.5. The summed E-state index contributed by atoms with van der Waals surface area (Å²) in [5, 5.41) is 6.87. The topological polar surface area (TPSA) is 55.1 Å². The first kappa shape index (κ1) is 16.7. The Morgan fingerprint density at radius 2 is 2.17 bits per heavy atom. The van der Waals surface area contributed by atoms with Gasteiger partial charge < -0.3 is 9.84 Å². The highest BCUT2D eigenvalue weighted by molar-refractivity contribution is 5.77. The van der Waals surface area contributed by atoms with Crippen LogP contribution in [0.5, 0.6) is 0 Å². The molecule has 1 N–H and O–H groups in total. The number of amides is 1. The summed E-state index contributed by atoms with van der Waals surface area (Å²) in [6, 6.07) is 7.08. The van der Waals surface area contributed by atoms with Crippen molar-refractivity contribution in [2.45, 2.75) is 45.4 Å². The zero-order valence-electron chi connectivity index (χ0n) is 14.1. The summed E-state index contributed by atoms with van der Waals surface area (Å²) in [7, 11) is 0. The number of hydrogen-bond acceptors (Lipinski definition) is 3. The van der Waals surface area contributed by atoms with Crippen LogP contribution in [0.3, 0.4) is 0 Å². The second-order valence-corrected chi connectivity index (χ2v) is 6.69. The van der Waals surface area contributed by atoms with Crippen molar-refractivity contribution in [2.24, 2.45) is 5.92 Å². The van der Waals surface area contributed by atoms with Crippen LogP contribution in [-0.2, 0) is 11.2 Å². The molecule has 128 valence electrons. The van der Waals surface area contributed by atoms with Gasteiger partial charge >= 0.3 is 0 Å². The molecule has 0 bridgehead atoms. The molecule has 1 saturated carbocycles. The van der Waals surface area contributed by atoms with Gasteiger partial charge in [-0.3, -0.25) is 4.79 Å². The SMILES string of the molecule is Cc1cc(CCNC(=O)CC(c2ccc(F)c(C)c2)C2CC2)no1. The summed E-state index contributed by atoms with van der Waals surface area (Å²) in [6.45, 7) is 4.16. The number of benzene rings is 1. The normalized spacial score (nSPS) is 15.3. The number of rotatable bonds is 7. The van der Waals surface area contributed by atoms with Gasteiger partial charge in [-0.15, -0.1) is 0 Å².